The summed E-state index contributed by atoms with van der Waals surface area (Å²) in [7, 11) is 1.97. The van der Waals surface area contributed by atoms with E-state index in [1.54, 1.807) is 6.26 Å². The molecule has 2 rings (SSSR count). The summed E-state index contributed by atoms with van der Waals surface area (Å²) < 4.78 is 5.57. The van der Waals surface area contributed by atoms with E-state index in [-0.39, 0.29) is 0 Å². The molecule has 16 heavy (non-hydrogen) atoms. The van der Waals surface area contributed by atoms with Gasteiger partial charge in [-0.15, -0.1) is 0 Å². The second-order valence-corrected chi connectivity index (χ2v) is 5.86. The zero-order valence-electron chi connectivity index (χ0n) is 10.0. The maximum atomic E-state index is 5.57. The third-order valence-corrected chi connectivity index (χ3v) is 4.03. The molecule has 1 aromatic rings. The maximum Gasteiger partial charge on any atom is 0.122 e. The number of thioether (sulfide) groups is 1. The molecule has 1 aliphatic rings. The lowest BCUT2D eigenvalue weighted by Gasteiger charge is -2.29. The molecule has 1 aromatic heterocycles. The molecule has 3 nitrogen and oxygen atoms in total. The fraction of sp³-hybridized carbons (Fsp3) is 0.667. The minimum atomic E-state index is 0.747. The summed E-state index contributed by atoms with van der Waals surface area (Å²) in [5, 5.41) is 3.92. The number of rotatable bonds is 4. The van der Waals surface area contributed by atoms with E-state index in [2.05, 4.69) is 35.0 Å². The Morgan fingerprint density at radius 2 is 2.50 bits per heavy atom. The summed E-state index contributed by atoms with van der Waals surface area (Å²) in [4.78, 5) is 2.49. The molecule has 0 radical (unpaired) electrons. The standard InChI is InChI=1S/C12H20N2OS/c1-10-8-14(4-6-16-10)9-12-11(7-13-2)3-5-15-12/h3,5,10,13H,4,6-9H2,1-2H3. The van der Waals surface area contributed by atoms with Crippen molar-refractivity contribution in [2.75, 3.05) is 25.9 Å². The molecule has 2 heterocycles. The highest BCUT2D eigenvalue weighted by atomic mass is 32.2. The number of nitrogens with one attached hydrogen (secondary N) is 1. The summed E-state index contributed by atoms with van der Waals surface area (Å²) in [6, 6.07) is 2.06. The van der Waals surface area contributed by atoms with Crippen molar-refractivity contribution in [3.8, 4) is 0 Å². The summed E-state index contributed by atoms with van der Waals surface area (Å²) >= 11 is 2.06. The Kier molecular flexibility index (Phi) is 4.32. The molecule has 1 unspecified atom stereocenters. The molecule has 1 N–H and O–H groups in total. The van der Waals surface area contributed by atoms with Crippen LogP contribution in [0, 0.1) is 0 Å². The summed E-state index contributed by atoms with van der Waals surface area (Å²) in [6.45, 7) is 6.49. The van der Waals surface area contributed by atoms with Crippen molar-refractivity contribution in [3.63, 3.8) is 0 Å². The van der Waals surface area contributed by atoms with Crippen LogP contribution in [-0.2, 0) is 13.1 Å². The predicted octanol–water partition coefficient (Wildman–Crippen LogP) is 1.94. The van der Waals surface area contributed by atoms with Gasteiger partial charge in [0, 0.05) is 36.2 Å². The zero-order chi connectivity index (χ0) is 11.4. The second-order valence-electron chi connectivity index (χ2n) is 4.32. The van der Waals surface area contributed by atoms with Crippen LogP contribution in [0.2, 0.25) is 0 Å². The number of hydrogen-bond donors (Lipinski definition) is 1. The Labute approximate surface area is 102 Å². The Morgan fingerprint density at radius 1 is 1.62 bits per heavy atom. The third-order valence-electron chi connectivity index (χ3n) is 2.90. The van der Waals surface area contributed by atoms with E-state index in [9.17, 15) is 0 Å². The molecule has 0 aliphatic carbocycles. The molecule has 0 aromatic carbocycles. The molecule has 0 saturated carbocycles. The monoisotopic (exact) mass is 240 g/mol. The topological polar surface area (TPSA) is 28.4 Å². The highest BCUT2D eigenvalue weighted by Crippen LogP contribution is 2.21. The van der Waals surface area contributed by atoms with Crippen LogP contribution in [0.25, 0.3) is 0 Å². The zero-order valence-corrected chi connectivity index (χ0v) is 10.8. The first kappa shape index (κ1) is 12.0. The van der Waals surface area contributed by atoms with Crippen LogP contribution < -0.4 is 5.32 Å². The minimum Gasteiger partial charge on any atom is -0.468 e. The Morgan fingerprint density at radius 3 is 3.25 bits per heavy atom. The molecular formula is C12H20N2OS. The molecule has 1 fully saturated rings. The molecule has 1 atom stereocenters. The van der Waals surface area contributed by atoms with Gasteiger partial charge >= 0.3 is 0 Å². The summed E-state index contributed by atoms with van der Waals surface area (Å²) in [5.41, 5.74) is 1.29. The first-order chi connectivity index (χ1) is 7.79. The maximum absolute atomic E-state index is 5.57. The summed E-state index contributed by atoms with van der Waals surface area (Å²) in [6.07, 6.45) is 1.80. The fourth-order valence-corrected chi connectivity index (χ4v) is 3.17. The largest absolute Gasteiger partial charge is 0.468 e. The molecule has 1 aliphatic heterocycles. The van der Waals surface area contributed by atoms with Crippen LogP contribution in [0.15, 0.2) is 16.7 Å². The quantitative estimate of drug-likeness (QED) is 0.870. The van der Waals surface area contributed by atoms with E-state index in [1.807, 2.05) is 7.05 Å². The first-order valence-electron chi connectivity index (χ1n) is 5.83. The molecular weight excluding hydrogens is 220 g/mol. The van der Waals surface area contributed by atoms with E-state index in [4.69, 9.17) is 4.42 Å². The smallest absolute Gasteiger partial charge is 0.122 e. The van der Waals surface area contributed by atoms with E-state index in [1.165, 1.54) is 24.4 Å². The molecule has 4 heteroatoms. The Hall–Kier alpha value is -0.450. The van der Waals surface area contributed by atoms with Crippen molar-refractivity contribution >= 4 is 11.8 Å². The minimum absolute atomic E-state index is 0.747. The van der Waals surface area contributed by atoms with Gasteiger partial charge in [-0.2, -0.15) is 11.8 Å². The van der Waals surface area contributed by atoms with Gasteiger partial charge < -0.3 is 9.73 Å². The van der Waals surface area contributed by atoms with Gasteiger partial charge in [0.1, 0.15) is 5.76 Å². The van der Waals surface area contributed by atoms with E-state index in [0.29, 0.717) is 0 Å². The number of nitrogens with zero attached hydrogens (tertiary/aromatic N) is 1. The Balaban J connectivity index is 1.94. The van der Waals surface area contributed by atoms with Crippen LogP contribution in [0.5, 0.6) is 0 Å². The molecule has 1 saturated heterocycles. The predicted molar refractivity (Wildman–Crippen MR) is 68.7 cm³/mol. The van der Waals surface area contributed by atoms with Crippen molar-refractivity contribution in [3.05, 3.63) is 23.7 Å². The van der Waals surface area contributed by atoms with Crippen molar-refractivity contribution < 1.29 is 4.42 Å². The SMILES string of the molecule is CNCc1ccoc1CN1CCSC(C)C1. The molecule has 90 valence electrons. The molecule has 0 amide bonds. The van der Waals surface area contributed by atoms with Crippen LogP contribution >= 0.6 is 11.8 Å². The number of hydrogen-bond acceptors (Lipinski definition) is 4. The van der Waals surface area contributed by atoms with Gasteiger partial charge in [0.2, 0.25) is 0 Å². The Bertz CT molecular complexity index is 327. The molecule has 0 spiro atoms. The summed E-state index contributed by atoms with van der Waals surface area (Å²) in [5.74, 6) is 2.36. The normalized spacial score (nSPS) is 22.5. The van der Waals surface area contributed by atoms with Crippen molar-refractivity contribution in [1.29, 1.82) is 0 Å². The second kappa shape index (κ2) is 5.75. The van der Waals surface area contributed by atoms with E-state index in [0.717, 1.165) is 24.1 Å². The number of furan rings is 1. The first-order valence-corrected chi connectivity index (χ1v) is 6.88. The van der Waals surface area contributed by atoms with Gasteiger partial charge in [0.15, 0.2) is 0 Å². The lowest BCUT2D eigenvalue weighted by atomic mass is 10.2. The van der Waals surface area contributed by atoms with Gasteiger partial charge in [-0.1, -0.05) is 6.92 Å². The van der Waals surface area contributed by atoms with E-state index < -0.39 is 0 Å². The average Bonchev–Trinajstić information content (AvgIpc) is 2.66. The highest BCUT2D eigenvalue weighted by Gasteiger charge is 2.18. The van der Waals surface area contributed by atoms with Crippen molar-refractivity contribution in [2.45, 2.75) is 25.3 Å². The lowest BCUT2D eigenvalue weighted by Crippen LogP contribution is -2.36. The molecule has 0 bridgehead atoms. The third kappa shape index (κ3) is 3.03. The fourth-order valence-electron chi connectivity index (χ4n) is 2.09. The van der Waals surface area contributed by atoms with Crippen LogP contribution in [0.1, 0.15) is 18.2 Å². The van der Waals surface area contributed by atoms with Gasteiger partial charge in [0.25, 0.3) is 0 Å². The van der Waals surface area contributed by atoms with Crippen LogP contribution in [0.4, 0.5) is 0 Å². The van der Waals surface area contributed by atoms with Gasteiger partial charge in [-0.3, -0.25) is 4.90 Å². The van der Waals surface area contributed by atoms with Crippen LogP contribution in [-0.4, -0.2) is 36.0 Å². The highest BCUT2D eigenvalue weighted by molar-refractivity contribution is 7.99. The van der Waals surface area contributed by atoms with Gasteiger partial charge in [-0.05, 0) is 13.1 Å². The van der Waals surface area contributed by atoms with Gasteiger partial charge in [-0.25, -0.2) is 0 Å². The van der Waals surface area contributed by atoms with Crippen molar-refractivity contribution in [1.82, 2.24) is 10.2 Å². The lowest BCUT2D eigenvalue weighted by molar-refractivity contribution is 0.253. The van der Waals surface area contributed by atoms with Gasteiger partial charge in [0.05, 0.1) is 12.8 Å². The van der Waals surface area contributed by atoms with E-state index >= 15 is 0 Å². The van der Waals surface area contributed by atoms with Crippen molar-refractivity contribution in [2.24, 2.45) is 0 Å². The average molecular weight is 240 g/mol. The van der Waals surface area contributed by atoms with Crippen LogP contribution in [0.3, 0.4) is 0 Å².